The molecule has 1 aliphatic rings. The summed E-state index contributed by atoms with van der Waals surface area (Å²) in [5.74, 6) is 0.0658. The fourth-order valence-corrected chi connectivity index (χ4v) is 3.12. The molecule has 4 heteroatoms. The van der Waals surface area contributed by atoms with Gasteiger partial charge in [-0.25, -0.2) is 0 Å². The summed E-state index contributed by atoms with van der Waals surface area (Å²) in [7, 11) is 0. The Labute approximate surface area is 139 Å². The Kier molecular flexibility index (Phi) is 3.27. The number of aliphatic carboxylic acids is 1. The monoisotopic (exact) mass is 319 g/mol. The predicted octanol–water partition coefficient (Wildman–Crippen LogP) is 4.43. The molecule has 4 rings (SSSR count). The maximum atomic E-state index is 11.4. The zero-order valence-corrected chi connectivity index (χ0v) is 13.3. The van der Waals surface area contributed by atoms with Crippen LogP contribution in [0.2, 0.25) is 0 Å². The summed E-state index contributed by atoms with van der Waals surface area (Å²) in [6.45, 7) is 1.97. The number of aromatic nitrogens is 1. The minimum atomic E-state index is -0.720. The van der Waals surface area contributed by atoms with Crippen molar-refractivity contribution < 1.29 is 14.4 Å². The molecule has 0 amide bonds. The fourth-order valence-electron chi connectivity index (χ4n) is 3.12. The van der Waals surface area contributed by atoms with Gasteiger partial charge in [0, 0.05) is 11.1 Å². The lowest BCUT2D eigenvalue weighted by Crippen LogP contribution is -2.19. The Bertz CT molecular complexity index is 887. The molecular weight excluding hydrogens is 302 g/mol. The fraction of sp³-hybridized carbons (Fsp3) is 0.200. The van der Waals surface area contributed by atoms with Gasteiger partial charge in [0.25, 0.3) is 0 Å². The molecule has 1 heterocycles. The summed E-state index contributed by atoms with van der Waals surface area (Å²) in [5, 5.41) is 13.2. The van der Waals surface area contributed by atoms with E-state index in [1.54, 1.807) is 6.20 Å². The van der Waals surface area contributed by atoms with E-state index in [0.717, 1.165) is 46.4 Å². The van der Waals surface area contributed by atoms with Crippen molar-refractivity contribution in [3.63, 3.8) is 0 Å². The smallest absolute Gasteiger partial charge is 0.314 e. The van der Waals surface area contributed by atoms with Crippen molar-refractivity contribution in [2.24, 2.45) is 0 Å². The first-order chi connectivity index (χ1) is 11.6. The summed E-state index contributed by atoms with van der Waals surface area (Å²) in [4.78, 5) is 11.4. The Morgan fingerprint density at radius 1 is 1.00 bits per heavy atom. The number of carboxylic acids is 1. The lowest BCUT2D eigenvalue weighted by Gasteiger charge is -2.11. The molecule has 120 valence electrons. The number of rotatable bonds is 4. The van der Waals surface area contributed by atoms with Crippen LogP contribution in [0.4, 0.5) is 0 Å². The maximum absolute atomic E-state index is 11.4. The molecule has 4 nitrogen and oxygen atoms in total. The van der Waals surface area contributed by atoms with Crippen LogP contribution in [0.3, 0.4) is 0 Å². The third-order valence-corrected chi connectivity index (χ3v) is 4.83. The summed E-state index contributed by atoms with van der Waals surface area (Å²) in [6, 6.07) is 16.0. The highest BCUT2D eigenvalue weighted by Crippen LogP contribution is 2.48. The molecule has 0 saturated heterocycles. The first kappa shape index (κ1) is 14.7. The van der Waals surface area contributed by atoms with Crippen molar-refractivity contribution in [2.45, 2.75) is 25.2 Å². The summed E-state index contributed by atoms with van der Waals surface area (Å²) >= 11 is 0. The molecule has 1 N–H and O–H groups in total. The quantitative estimate of drug-likeness (QED) is 0.772. The van der Waals surface area contributed by atoms with Gasteiger partial charge in [0.15, 0.2) is 5.76 Å². The number of hydrogen-bond acceptors (Lipinski definition) is 3. The highest BCUT2D eigenvalue weighted by molar-refractivity contribution is 5.85. The molecule has 1 fully saturated rings. The van der Waals surface area contributed by atoms with Crippen molar-refractivity contribution in [1.29, 1.82) is 0 Å². The molecule has 0 spiro atoms. The van der Waals surface area contributed by atoms with Crippen LogP contribution in [0.5, 0.6) is 0 Å². The zero-order valence-electron chi connectivity index (χ0n) is 13.3. The molecule has 1 aromatic heterocycles. The van der Waals surface area contributed by atoms with Crippen LogP contribution in [-0.4, -0.2) is 16.2 Å². The molecule has 0 bridgehead atoms. The number of aryl methyl sites for hydroxylation is 1. The van der Waals surface area contributed by atoms with E-state index in [1.807, 2.05) is 55.5 Å². The Hall–Kier alpha value is -2.88. The van der Waals surface area contributed by atoms with Gasteiger partial charge in [-0.1, -0.05) is 53.7 Å². The van der Waals surface area contributed by atoms with Crippen molar-refractivity contribution in [1.82, 2.24) is 5.16 Å². The molecule has 1 aliphatic carbocycles. The van der Waals surface area contributed by atoms with E-state index in [9.17, 15) is 9.90 Å². The number of benzene rings is 2. The van der Waals surface area contributed by atoms with Crippen LogP contribution in [0.25, 0.3) is 22.5 Å². The molecule has 0 aliphatic heterocycles. The lowest BCUT2D eigenvalue weighted by atomic mass is 9.93. The second-order valence-corrected chi connectivity index (χ2v) is 6.38. The van der Waals surface area contributed by atoms with Gasteiger partial charge < -0.3 is 9.63 Å². The van der Waals surface area contributed by atoms with Gasteiger partial charge >= 0.3 is 5.97 Å². The van der Waals surface area contributed by atoms with Crippen LogP contribution < -0.4 is 0 Å². The third kappa shape index (κ3) is 2.31. The van der Waals surface area contributed by atoms with Gasteiger partial charge in [-0.05, 0) is 36.5 Å². The Morgan fingerprint density at radius 3 is 2.00 bits per heavy atom. The summed E-state index contributed by atoms with van der Waals surface area (Å²) < 4.78 is 5.27. The molecule has 0 atom stereocenters. The second kappa shape index (κ2) is 5.34. The van der Waals surface area contributed by atoms with E-state index in [4.69, 9.17) is 4.52 Å². The van der Waals surface area contributed by atoms with Crippen molar-refractivity contribution in [3.8, 4) is 22.5 Å². The van der Waals surface area contributed by atoms with E-state index < -0.39 is 11.4 Å². The molecule has 2 aromatic carbocycles. The molecule has 0 unspecified atom stereocenters. The third-order valence-electron chi connectivity index (χ3n) is 4.83. The highest BCUT2D eigenvalue weighted by Gasteiger charge is 2.51. The number of hydrogen-bond donors (Lipinski definition) is 1. The predicted molar refractivity (Wildman–Crippen MR) is 90.7 cm³/mol. The largest absolute Gasteiger partial charge is 0.481 e. The molecule has 1 saturated carbocycles. The van der Waals surface area contributed by atoms with Crippen molar-refractivity contribution in [2.75, 3.05) is 0 Å². The average Bonchev–Trinajstić information content (AvgIpc) is 3.32. The van der Waals surface area contributed by atoms with Gasteiger partial charge in [0.1, 0.15) is 0 Å². The number of nitrogens with zero attached hydrogens (tertiary/aromatic N) is 1. The lowest BCUT2D eigenvalue weighted by molar-refractivity contribution is -0.140. The minimum Gasteiger partial charge on any atom is -0.481 e. The minimum absolute atomic E-state index is 0.647. The Morgan fingerprint density at radius 2 is 1.54 bits per heavy atom. The van der Waals surface area contributed by atoms with Gasteiger partial charge in [0.05, 0.1) is 11.6 Å². The first-order valence-corrected chi connectivity index (χ1v) is 7.96. The number of carboxylic acid groups (broad SMARTS) is 1. The van der Waals surface area contributed by atoms with E-state index in [1.165, 1.54) is 0 Å². The van der Waals surface area contributed by atoms with E-state index in [0.29, 0.717) is 0 Å². The highest BCUT2D eigenvalue weighted by atomic mass is 16.5. The molecule has 24 heavy (non-hydrogen) atoms. The molecule has 0 radical (unpaired) electrons. The van der Waals surface area contributed by atoms with Crippen LogP contribution >= 0.6 is 0 Å². The van der Waals surface area contributed by atoms with Crippen LogP contribution in [0, 0.1) is 6.92 Å². The van der Waals surface area contributed by atoms with Crippen molar-refractivity contribution >= 4 is 5.97 Å². The van der Waals surface area contributed by atoms with Crippen LogP contribution in [0.1, 0.15) is 24.0 Å². The van der Waals surface area contributed by atoms with Gasteiger partial charge in [-0.3, -0.25) is 4.79 Å². The van der Waals surface area contributed by atoms with Crippen LogP contribution in [-0.2, 0) is 10.2 Å². The standard InChI is InChI=1S/C20H17NO3/c1-13-12-21-24-18(13)16-4-2-14(3-5-16)15-6-8-17(9-7-15)20(10-11-20)19(22)23/h2-9,12H,10-11H2,1H3,(H,22,23). The Balaban J connectivity index is 1.60. The average molecular weight is 319 g/mol. The van der Waals surface area contributed by atoms with Gasteiger partial charge in [-0.15, -0.1) is 0 Å². The van der Waals surface area contributed by atoms with Crippen molar-refractivity contribution in [3.05, 3.63) is 65.9 Å². The second-order valence-electron chi connectivity index (χ2n) is 6.38. The molecular formula is C20H17NO3. The van der Waals surface area contributed by atoms with E-state index in [2.05, 4.69) is 5.16 Å². The first-order valence-electron chi connectivity index (χ1n) is 7.96. The SMILES string of the molecule is Cc1cnoc1-c1ccc(-c2ccc(C3(C(=O)O)CC3)cc2)cc1. The topological polar surface area (TPSA) is 63.3 Å². The normalized spacial score (nSPS) is 15.2. The van der Waals surface area contributed by atoms with Gasteiger partial charge in [0.2, 0.25) is 0 Å². The van der Waals surface area contributed by atoms with Crippen LogP contribution in [0.15, 0.2) is 59.3 Å². The summed E-state index contributed by atoms with van der Waals surface area (Å²) in [5.41, 5.74) is 4.41. The zero-order chi connectivity index (χ0) is 16.7. The maximum Gasteiger partial charge on any atom is 0.314 e. The number of carbonyl (C=O) groups is 1. The van der Waals surface area contributed by atoms with Gasteiger partial charge in [-0.2, -0.15) is 0 Å². The summed E-state index contributed by atoms with van der Waals surface area (Å²) in [6.07, 6.45) is 3.16. The van der Waals surface area contributed by atoms with E-state index in [-0.39, 0.29) is 0 Å². The van der Waals surface area contributed by atoms with E-state index >= 15 is 0 Å². The molecule has 3 aromatic rings.